The number of likely N-dealkylation sites (tertiary alicyclic amines) is 1. The fraction of sp³-hybridized carbons (Fsp3) is 0.533. The number of ether oxygens (including phenoxy) is 1. The Morgan fingerprint density at radius 2 is 2.35 bits per heavy atom. The van der Waals surface area contributed by atoms with Crippen LogP contribution in [0.2, 0.25) is 0 Å². The molecule has 1 atom stereocenters. The van der Waals surface area contributed by atoms with Crippen molar-refractivity contribution in [2.24, 2.45) is 0 Å². The first kappa shape index (κ1) is 14.7. The van der Waals surface area contributed by atoms with Gasteiger partial charge in [-0.25, -0.2) is 0 Å². The number of rotatable bonds is 4. The quantitative estimate of drug-likeness (QED) is 0.818. The SMILES string of the molecule is CCN1CCC[C@@H](NC(=O)c2cc(N)ccc2OC)C1. The van der Waals surface area contributed by atoms with Crippen LogP contribution in [-0.4, -0.2) is 43.6 Å². The van der Waals surface area contributed by atoms with E-state index in [0.29, 0.717) is 17.0 Å². The zero-order chi connectivity index (χ0) is 14.5. The third-order valence-electron chi connectivity index (χ3n) is 3.76. The Bertz CT molecular complexity index is 476. The average Bonchev–Trinajstić information content (AvgIpc) is 2.47. The Balaban J connectivity index is 2.06. The van der Waals surface area contributed by atoms with E-state index >= 15 is 0 Å². The molecule has 0 bridgehead atoms. The zero-order valence-corrected chi connectivity index (χ0v) is 12.2. The van der Waals surface area contributed by atoms with Crippen molar-refractivity contribution in [2.75, 3.05) is 32.5 Å². The van der Waals surface area contributed by atoms with Gasteiger partial charge in [0.2, 0.25) is 0 Å². The first-order valence-electron chi connectivity index (χ1n) is 7.10. The molecule has 0 spiro atoms. The van der Waals surface area contributed by atoms with Crippen LogP contribution in [0.15, 0.2) is 18.2 Å². The Morgan fingerprint density at radius 1 is 1.55 bits per heavy atom. The van der Waals surface area contributed by atoms with Gasteiger partial charge in [0.25, 0.3) is 5.91 Å². The molecular weight excluding hydrogens is 254 g/mol. The highest BCUT2D eigenvalue weighted by molar-refractivity contribution is 5.98. The summed E-state index contributed by atoms with van der Waals surface area (Å²) in [7, 11) is 1.56. The molecule has 1 amide bonds. The molecule has 0 unspecified atom stereocenters. The van der Waals surface area contributed by atoms with Gasteiger partial charge in [0.05, 0.1) is 12.7 Å². The summed E-state index contributed by atoms with van der Waals surface area (Å²) in [6.45, 7) is 5.19. The number of hydrogen-bond donors (Lipinski definition) is 2. The van der Waals surface area contributed by atoms with E-state index in [1.54, 1.807) is 25.3 Å². The number of methoxy groups -OCH3 is 1. The summed E-state index contributed by atoms with van der Waals surface area (Å²) in [5.41, 5.74) is 6.82. The van der Waals surface area contributed by atoms with Crippen molar-refractivity contribution in [3.05, 3.63) is 23.8 Å². The summed E-state index contributed by atoms with van der Waals surface area (Å²) >= 11 is 0. The molecule has 1 aromatic carbocycles. The molecule has 20 heavy (non-hydrogen) atoms. The van der Waals surface area contributed by atoms with Crippen LogP contribution in [0.25, 0.3) is 0 Å². The zero-order valence-electron chi connectivity index (χ0n) is 12.2. The maximum Gasteiger partial charge on any atom is 0.255 e. The lowest BCUT2D eigenvalue weighted by Gasteiger charge is -2.32. The molecule has 1 heterocycles. The molecule has 0 aromatic heterocycles. The molecule has 0 saturated carbocycles. The molecule has 5 heteroatoms. The van der Waals surface area contributed by atoms with Crippen molar-refractivity contribution in [1.29, 1.82) is 0 Å². The smallest absolute Gasteiger partial charge is 0.255 e. The third-order valence-corrected chi connectivity index (χ3v) is 3.76. The van der Waals surface area contributed by atoms with Crippen LogP contribution in [0.5, 0.6) is 5.75 Å². The minimum atomic E-state index is -0.114. The van der Waals surface area contributed by atoms with Gasteiger partial charge in [-0.05, 0) is 44.1 Å². The Labute approximate surface area is 120 Å². The van der Waals surface area contributed by atoms with Crippen molar-refractivity contribution in [3.8, 4) is 5.75 Å². The van der Waals surface area contributed by atoms with E-state index in [1.165, 1.54) is 0 Å². The van der Waals surface area contributed by atoms with Crippen LogP contribution in [0, 0.1) is 0 Å². The van der Waals surface area contributed by atoms with Crippen molar-refractivity contribution >= 4 is 11.6 Å². The fourth-order valence-electron chi connectivity index (χ4n) is 2.63. The normalized spacial score (nSPS) is 19.6. The lowest BCUT2D eigenvalue weighted by molar-refractivity contribution is 0.0903. The molecular formula is C15H23N3O2. The Hall–Kier alpha value is -1.75. The van der Waals surface area contributed by atoms with Crippen molar-refractivity contribution < 1.29 is 9.53 Å². The molecule has 2 rings (SSSR count). The number of likely N-dealkylation sites (N-methyl/N-ethyl adjacent to an activating group) is 1. The van der Waals surface area contributed by atoms with Gasteiger partial charge in [0.15, 0.2) is 0 Å². The highest BCUT2D eigenvalue weighted by atomic mass is 16.5. The van der Waals surface area contributed by atoms with Crippen molar-refractivity contribution in [1.82, 2.24) is 10.2 Å². The number of hydrogen-bond acceptors (Lipinski definition) is 4. The van der Waals surface area contributed by atoms with Crippen LogP contribution in [0.4, 0.5) is 5.69 Å². The standard InChI is InChI=1S/C15H23N3O2/c1-3-18-8-4-5-12(10-18)17-15(19)13-9-11(16)6-7-14(13)20-2/h6-7,9,12H,3-5,8,10,16H2,1-2H3,(H,17,19)/t12-/m1/s1. The summed E-state index contributed by atoms with van der Waals surface area (Å²) in [6.07, 6.45) is 2.14. The molecule has 5 nitrogen and oxygen atoms in total. The predicted octanol–water partition coefficient (Wildman–Crippen LogP) is 1.49. The number of piperidine rings is 1. The number of nitrogens with two attached hydrogens (primary N) is 1. The second-order valence-corrected chi connectivity index (χ2v) is 5.17. The highest BCUT2D eigenvalue weighted by Crippen LogP contribution is 2.21. The molecule has 0 aliphatic carbocycles. The van der Waals surface area contributed by atoms with E-state index in [0.717, 1.165) is 32.5 Å². The summed E-state index contributed by atoms with van der Waals surface area (Å²) in [5, 5.41) is 3.09. The first-order valence-corrected chi connectivity index (χ1v) is 7.10. The maximum absolute atomic E-state index is 12.4. The molecule has 1 saturated heterocycles. The van der Waals surface area contributed by atoms with Gasteiger partial charge in [0.1, 0.15) is 5.75 Å². The highest BCUT2D eigenvalue weighted by Gasteiger charge is 2.22. The van der Waals surface area contributed by atoms with Gasteiger partial charge in [-0.3, -0.25) is 4.79 Å². The molecule has 1 aliphatic heterocycles. The molecule has 3 N–H and O–H groups in total. The third kappa shape index (κ3) is 3.42. The number of carbonyl (C=O) groups excluding carboxylic acids is 1. The molecule has 0 radical (unpaired) electrons. The van der Waals surface area contributed by atoms with E-state index in [-0.39, 0.29) is 11.9 Å². The first-order chi connectivity index (χ1) is 9.63. The van der Waals surface area contributed by atoms with Crippen molar-refractivity contribution in [2.45, 2.75) is 25.8 Å². The number of carbonyl (C=O) groups is 1. The summed E-state index contributed by atoms with van der Waals surface area (Å²) in [4.78, 5) is 14.7. The number of nitrogens with one attached hydrogen (secondary N) is 1. The van der Waals surface area contributed by atoms with Gasteiger partial charge >= 0.3 is 0 Å². The second-order valence-electron chi connectivity index (χ2n) is 5.17. The van der Waals surface area contributed by atoms with Gasteiger partial charge in [-0.2, -0.15) is 0 Å². The number of amides is 1. The number of nitrogens with zero attached hydrogens (tertiary/aromatic N) is 1. The summed E-state index contributed by atoms with van der Waals surface area (Å²) in [6, 6.07) is 5.31. The van der Waals surface area contributed by atoms with Crippen LogP contribution in [-0.2, 0) is 0 Å². The Kier molecular flexibility index (Phi) is 4.84. The minimum Gasteiger partial charge on any atom is -0.496 e. The average molecular weight is 277 g/mol. The molecule has 1 fully saturated rings. The fourth-order valence-corrected chi connectivity index (χ4v) is 2.63. The van der Waals surface area contributed by atoms with Crippen LogP contribution in [0.3, 0.4) is 0 Å². The number of benzene rings is 1. The Morgan fingerprint density at radius 3 is 3.05 bits per heavy atom. The lowest BCUT2D eigenvalue weighted by atomic mass is 10.0. The van der Waals surface area contributed by atoms with Crippen LogP contribution < -0.4 is 15.8 Å². The number of nitrogen functional groups attached to an aromatic ring is 1. The molecule has 1 aromatic rings. The maximum atomic E-state index is 12.4. The van der Waals surface area contributed by atoms with E-state index in [4.69, 9.17) is 10.5 Å². The van der Waals surface area contributed by atoms with Crippen LogP contribution in [0.1, 0.15) is 30.1 Å². The summed E-state index contributed by atoms with van der Waals surface area (Å²) < 4.78 is 5.23. The largest absolute Gasteiger partial charge is 0.496 e. The van der Waals surface area contributed by atoms with E-state index in [1.807, 2.05) is 0 Å². The minimum absolute atomic E-state index is 0.114. The van der Waals surface area contributed by atoms with Crippen LogP contribution >= 0.6 is 0 Å². The van der Waals surface area contributed by atoms with Gasteiger partial charge in [-0.1, -0.05) is 6.92 Å². The van der Waals surface area contributed by atoms with Crippen molar-refractivity contribution in [3.63, 3.8) is 0 Å². The summed E-state index contributed by atoms with van der Waals surface area (Å²) in [5.74, 6) is 0.442. The lowest BCUT2D eigenvalue weighted by Crippen LogP contribution is -2.47. The topological polar surface area (TPSA) is 67.6 Å². The van der Waals surface area contributed by atoms with Gasteiger partial charge in [-0.15, -0.1) is 0 Å². The molecule has 110 valence electrons. The predicted molar refractivity (Wildman–Crippen MR) is 80.0 cm³/mol. The molecule has 1 aliphatic rings. The van der Waals surface area contributed by atoms with E-state index in [2.05, 4.69) is 17.1 Å². The second kappa shape index (κ2) is 6.61. The monoisotopic (exact) mass is 277 g/mol. The van der Waals surface area contributed by atoms with Gasteiger partial charge in [0, 0.05) is 18.3 Å². The van der Waals surface area contributed by atoms with E-state index in [9.17, 15) is 4.79 Å². The number of anilines is 1. The van der Waals surface area contributed by atoms with Gasteiger partial charge < -0.3 is 20.7 Å². The van der Waals surface area contributed by atoms with E-state index < -0.39 is 0 Å².